The molecule has 0 aliphatic carbocycles. The maximum atomic E-state index is 12.9. The van der Waals surface area contributed by atoms with Crippen molar-refractivity contribution in [2.45, 2.75) is 11.4 Å². The molecule has 0 fully saturated rings. The van der Waals surface area contributed by atoms with Crippen LogP contribution in [0, 0.1) is 5.82 Å². The molecule has 3 rings (SSSR count). The Balaban J connectivity index is 1.79. The first-order valence-corrected chi connectivity index (χ1v) is 8.60. The summed E-state index contributed by atoms with van der Waals surface area (Å²) in [4.78, 5) is 4.08. The first-order valence-electron chi connectivity index (χ1n) is 7.05. The van der Waals surface area contributed by atoms with Gasteiger partial charge in [-0.25, -0.2) is 17.9 Å². The molecule has 2 aromatic rings. The fraction of sp³-hybridized carbons (Fsp3) is 0.133. The Morgan fingerprint density at radius 1 is 1.21 bits per heavy atom. The molecular weight excluding hydrogens is 333 g/mol. The molecule has 7 nitrogen and oxygen atoms in total. The third-order valence-corrected chi connectivity index (χ3v) is 4.45. The van der Waals surface area contributed by atoms with Crippen LogP contribution in [0.3, 0.4) is 0 Å². The van der Waals surface area contributed by atoms with Crippen molar-refractivity contribution in [3.8, 4) is 0 Å². The topological polar surface area (TPSA) is 91.6 Å². The lowest BCUT2D eigenvalue weighted by molar-refractivity contribution is 0.159. The number of hydrogen-bond donors (Lipinski definition) is 2. The molecule has 0 saturated heterocycles. The minimum Gasteiger partial charge on any atom is -0.292 e. The number of benzene rings is 1. The number of sulfonamides is 1. The van der Waals surface area contributed by atoms with Crippen LogP contribution in [0.4, 0.5) is 4.39 Å². The van der Waals surface area contributed by atoms with Gasteiger partial charge in [-0.05, 0) is 24.3 Å². The molecule has 0 spiro atoms. The van der Waals surface area contributed by atoms with E-state index in [9.17, 15) is 12.8 Å². The monoisotopic (exact) mass is 349 g/mol. The van der Waals surface area contributed by atoms with Crippen LogP contribution in [0.15, 0.2) is 53.7 Å². The summed E-state index contributed by atoms with van der Waals surface area (Å²) in [5, 5.41) is 8.68. The lowest BCUT2D eigenvalue weighted by atomic mass is 10.1. The number of aromatic nitrogens is 1. The van der Waals surface area contributed by atoms with Crippen molar-refractivity contribution in [2.75, 3.05) is 7.05 Å². The van der Waals surface area contributed by atoms with Gasteiger partial charge in [-0.3, -0.25) is 15.0 Å². The van der Waals surface area contributed by atoms with Crippen LogP contribution in [-0.4, -0.2) is 30.5 Å². The van der Waals surface area contributed by atoms with Crippen molar-refractivity contribution in [1.82, 2.24) is 20.5 Å². The molecular formula is C15H16FN5O2S. The molecule has 0 unspecified atom stereocenters. The number of nitrogens with one attached hydrogen (secondary N) is 1. The minimum atomic E-state index is -3.71. The zero-order chi connectivity index (χ0) is 17.3. The number of hydrazine groups is 2. The summed E-state index contributed by atoms with van der Waals surface area (Å²) in [5.74, 6) is -0.378. The number of pyridine rings is 1. The van der Waals surface area contributed by atoms with E-state index in [4.69, 9.17) is 5.14 Å². The molecule has 1 aliphatic rings. The third kappa shape index (κ3) is 3.53. The summed E-state index contributed by atoms with van der Waals surface area (Å²) in [6.45, 7) is 0.448. The van der Waals surface area contributed by atoms with E-state index < -0.39 is 10.0 Å². The molecule has 1 aromatic carbocycles. The van der Waals surface area contributed by atoms with E-state index in [0.29, 0.717) is 12.2 Å². The molecule has 0 bridgehead atoms. The van der Waals surface area contributed by atoms with Crippen LogP contribution in [0.2, 0.25) is 0 Å². The van der Waals surface area contributed by atoms with Gasteiger partial charge in [0, 0.05) is 18.8 Å². The first kappa shape index (κ1) is 16.4. The van der Waals surface area contributed by atoms with E-state index in [1.54, 1.807) is 28.2 Å². The van der Waals surface area contributed by atoms with Gasteiger partial charge < -0.3 is 0 Å². The Morgan fingerprint density at radius 3 is 2.50 bits per heavy atom. The van der Waals surface area contributed by atoms with Crippen molar-refractivity contribution < 1.29 is 12.8 Å². The van der Waals surface area contributed by atoms with Crippen LogP contribution >= 0.6 is 0 Å². The summed E-state index contributed by atoms with van der Waals surface area (Å²) < 4.78 is 35.5. The number of halogens is 1. The van der Waals surface area contributed by atoms with Gasteiger partial charge in [0.1, 0.15) is 5.82 Å². The van der Waals surface area contributed by atoms with E-state index in [1.807, 2.05) is 13.2 Å². The number of nitrogens with two attached hydrogens (primary N) is 1. The Kier molecular flexibility index (Phi) is 4.22. The van der Waals surface area contributed by atoms with Crippen LogP contribution in [-0.2, 0) is 16.6 Å². The number of nitrogens with zero attached hydrogens (tertiary/aromatic N) is 3. The van der Waals surface area contributed by atoms with Gasteiger partial charge in [-0.15, -0.1) is 5.53 Å². The van der Waals surface area contributed by atoms with Gasteiger partial charge in [0.2, 0.25) is 10.0 Å². The molecule has 0 saturated carbocycles. The van der Waals surface area contributed by atoms with E-state index >= 15 is 0 Å². The second-order valence-corrected chi connectivity index (χ2v) is 6.90. The number of hydrogen-bond acceptors (Lipinski definition) is 6. The second-order valence-electron chi connectivity index (χ2n) is 5.34. The van der Waals surface area contributed by atoms with E-state index in [1.165, 1.54) is 24.4 Å². The number of primary sulfonamides is 1. The summed E-state index contributed by atoms with van der Waals surface area (Å²) in [6.07, 6.45) is 3.03. The predicted molar refractivity (Wildman–Crippen MR) is 86.4 cm³/mol. The highest BCUT2D eigenvalue weighted by molar-refractivity contribution is 7.89. The van der Waals surface area contributed by atoms with Crippen LogP contribution in [0.1, 0.15) is 11.3 Å². The van der Waals surface area contributed by atoms with Crippen LogP contribution in [0.5, 0.6) is 0 Å². The first-order chi connectivity index (χ1) is 11.3. The average Bonchev–Trinajstić information content (AvgIpc) is 2.89. The zero-order valence-corrected chi connectivity index (χ0v) is 13.7. The summed E-state index contributed by atoms with van der Waals surface area (Å²) in [7, 11) is -1.88. The van der Waals surface area contributed by atoms with Crippen molar-refractivity contribution in [1.29, 1.82) is 0 Å². The van der Waals surface area contributed by atoms with Gasteiger partial charge >= 0.3 is 0 Å². The maximum Gasteiger partial charge on any atom is 0.238 e. The summed E-state index contributed by atoms with van der Waals surface area (Å²) in [5.41, 5.74) is 5.49. The van der Waals surface area contributed by atoms with Gasteiger partial charge in [-0.2, -0.15) is 0 Å². The molecule has 0 amide bonds. The second kappa shape index (κ2) is 6.19. The fourth-order valence-corrected chi connectivity index (χ4v) is 2.86. The fourth-order valence-electron chi connectivity index (χ4n) is 2.35. The summed E-state index contributed by atoms with van der Waals surface area (Å²) in [6, 6.07) is 9.27. The van der Waals surface area contributed by atoms with Gasteiger partial charge in [-0.1, -0.05) is 12.1 Å². The summed E-state index contributed by atoms with van der Waals surface area (Å²) >= 11 is 0. The van der Waals surface area contributed by atoms with Crippen molar-refractivity contribution in [3.05, 3.63) is 65.9 Å². The van der Waals surface area contributed by atoms with E-state index in [0.717, 1.165) is 11.3 Å². The normalized spacial score (nSPS) is 14.9. The van der Waals surface area contributed by atoms with Gasteiger partial charge in [0.15, 0.2) is 0 Å². The maximum absolute atomic E-state index is 12.9. The average molecular weight is 349 g/mol. The van der Waals surface area contributed by atoms with Crippen LogP contribution in [0.25, 0.3) is 5.70 Å². The zero-order valence-electron chi connectivity index (χ0n) is 12.8. The Morgan fingerprint density at radius 2 is 1.92 bits per heavy atom. The van der Waals surface area contributed by atoms with Crippen molar-refractivity contribution in [3.63, 3.8) is 0 Å². The van der Waals surface area contributed by atoms with Gasteiger partial charge in [0.05, 0.1) is 29.0 Å². The molecule has 126 valence electrons. The molecule has 0 atom stereocenters. The van der Waals surface area contributed by atoms with E-state index in [2.05, 4.69) is 10.5 Å². The Labute approximate surface area is 139 Å². The third-order valence-electron chi connectivity index (χ3n) is 3.52. The van der Waals surface area contributed by atoms with E-state index in [-0.39, 0.29) is 10.7 Å². The molecule has 24 heavy (non-hydrogen) atoms. The molecule has 1 aliphatic heterocycles. The Bertz CT molecular complexity index is 866. The molecule has 1 aromatic heterocycles. The van der Waals surface area contributed by atoms with Crippen molar-refractivity contribution in [2.24, 2.45) is 5.14 Å². The van der Waals surface area contributed by atoms with Crippen LogP contribution < -0.4 is 10.7 Å². The van der Waals surface area contributed by atoms with Crippen molar-refractivity contribution >= 4 is 15.7 Å². The standard InChI is InChI=1S/C15H16FN5O2S/c1-20-15(11-2-6-14(7-3-11)24(17,22)23)10-21(19-20)9-13-5-4-12(16)8-18-13/h2-8,10,19H,9H2,1H3,(H2,17,22,23). The molecule has 2 heterocycles. The Hall–Kier alpha value is -2.49. The smallest absolute Gasteiger partial charge is 0.238 e. The number of rotatable bonds is 4. The quantitative estimate of drug-likeness (QED) is 0.857. The molecule has 0 radical (unpaired) electrons. The minimum absolute atomic E-state index is 0.0628. The lowest BCUT2D eigenvalue weighted by Crippen LogP contribution is -2.37. The highest BCUT2D eigenvalue weighted by atomic mass is 32.2. The largest absolute Gasteiger partial charge is 0.292 e. The lowest BCUT2D eigenvalue weighted by Gasteiger charge is -2.20. The van der Waals surface area contributed by atoms with Gasteiger partial charge in [0.25, 0.3) is 0 Å². The highest BCUT2D eigenvalue weighted by Crippen LogP contribution is 2.23. The predicted octanol–water partition coefficient (Wildman–Crippen LogP) is 1.03. The molecule has 9 heteroatoms. The molecule has 3 N–H and O–H groups in total. The SMILES string of the molecule is CN1NN(Cc2ccc(F)cn2)C=C1c1ccc(S(N)(=O)=O)cc1. The highest BCUT2D eigenvalue weighted by Gasteiger charge is 2.19.